The van der Waals surface area contributed by atoms with Crippen LogP contribution >= 0.6 is 27.3 Å². The SMILES string of the molecule is COc1ccc(CN(Cc2ccc(F)cc2)C(=O)c2cccc(Br)c2)cc1OCc1nc(CO)cs1. The summed E-state index contributed by atoms with van der Waals surface area (Å²) in [6.07, 6.45) is 0. The van der Waals surface area contributed by atoms with Crippen LogP contribution in [0.25, 0.3) is 0 Å². The Balaban J connectivity index is 1.58. The molecule has 36 heavy (non-hydrogen) atoms. The van der Waals surface area contributed by atoms with Gasteiger partial charge in [0.1, 0.15) is 17.4 Å². The van der Waals surface area contributed by atoms with E-state index in [-0.39, 0.29) is 24.9 Å². The molecule has 6 nitrogen and oxygen atoms in total. The molecule has 0 bridgehead atoms. The van der Waals surface area contributed by atoms with Crippen molar-refractivity contribution in [3.8, 4) is 11.5 Å². The van der Waals surface area contributed by atoms with E-state index in [1.807, 2.05) is 24.3 Å². The Kier molecular flexibility index (Phi) is 8.69. The summed E-state index contributed by atoms with van der Waals surface area (Å²) >= 11 is 4.83. The second kappa shape index (κ2) is 12.1. The molecule has 1 heterocycles. The fraction of sp³-hybridized carbons (Fsp3) is 0.185. The molecule has 0 fully saturated rings. The number of nitrogens with zero attached hydrogens (tertiary/aromatic N) is 2. The van der Waals surface area contributed by atoms with Crippen LogP contribution in [0.3, 0.4) is 0 Å². The van der Waals surface area contributed by atoms with Gasteiger partial charge in [-0.3, -0.25) is 4.79 Å². The van der Waals surface area contributed by atoms with E-state index in [0.717, 1.165) is 20.6 Å². The lowest BCUT2D eigenvalue weighted by Crippen LogP contribution is -2.30. The van der Waals surface area contributed by atoms with Gasteiger partial charge in [0, 0.05) is 28.5 Å². The van der Waals surface area contributed by atoms with Gasteiger partial charge in [-0.1, -0.05) is 40.2 Å². The van der Waals surface area contributed by atoms with Crippen molar-refractivity contribution < 1.29 is 23.8 Å². The van der Waals surface area contributed by atoms with E-state index in [4.69, 9.17) is 9.47 Å². The van der Waals surface area contributed by atoms with Crippen molar-refractivity contribution in [3.05, 3.63) is 110 Å². The van der Waals surface area contributed by atoms with Gasteiger partial charge in [-0.15, -0.1) is 11.3 Å². The van der Waals surface area contributed by atoms with E-state index >= 15 is 0 Å². The molecule has 4 rings (SSSR count). The number of aliphatic hydroxyl groups excluding tert-OH is 1. The molecule has 4 aromatic rings. The summed E-state index contributed by atoms with van der Waals surface area (Å²) in [7, 11) is 1.56. The van der Waals surface area contributed by atoms with Crippen molar-refractivity contribution >= 4 is 33.2 Å². The molecule has 3 aromatic carbocycles. The highest BCUT2D eigenvalue weighted by molar-refractivity contribution is 9.10. The standard InChI is InChI=1S/C27H24BrFN2O4S/c1-34-24-10-7-19(11-25(24)35-16-26-30-23(15-32)17-36-26)14-31(13-18-5-8-22(29)9-6-18)27(33)20-3-2-4-21(28)12-20/h2-12,17,32H,13-16H2,1H3. The first-order valence-corrected chi connectivity index (χ1v) is 12.8. The number of rotatable bonds is 10. The molecule has 1 amide bonds. The highest BCUT2D eigenvalue weighted by Gasteiger charge is 2.19. The van der Waals surface area contributed by atoms with E-state index in [1.54, 1.807) is 47.7 Å². The molecule has 0 aliphatic rings. The first-order valence-electron chi connectivity index (χ1n) is 11.1. The summed E-state index contributed by atoms with van der Waals surface area (Å²) < 4.78 is 25.7. The minimum absolute atomic E-state index is 0.120. The monoisotopic (exact) mass is 570 g/mol. The van der Waals surface area contributed by atoms with Crippen molar-refractivity contribution in [1.82, 2.24) is 9.88 Å². The molecule has 1 N–H and O–H groups in total. The zero-order chi connectivity index (χ0) is 25.5. The van der Waals surface area contributed by atoms with E-state index in [9.17, 15) is 14.3 Å². The molecule has 1 aromatic heterocycles. The fourth-order valence-electron chi connectivity index (χ4n) is 3.59. The average Bonchev–Trinajstić information content (AvgIpc) is 3.36. The number of hydrogen-bond acceptors (Lipinski definition) is 6. The van der Waals surface area contributed by atoms with E-state index in [2.05, 4.69) is 20.9 Å². The van der Waals surface area contributed by atoms with Gasteiger partial charge in [0.25, 0.3) is 5.91 Å². The molecule has 0 radical (unpaired) electrons. The Morgan fingerprint density at radius 2 is 1.81 bits per heavy atom. The quantitative estimate of drug-likeness (QED) is 0.254. The maximum absolute atomic E-state index is 13.5. The number of halogens is 2. The lowest BCUT2D eigenvalue weighted by atomic mass is 10.1. The van der Waals surface area contributed by atoms with Crippen LogP contribution in [-0.2, 0) is 26.3 Å². The molecular formula is C27H24BrFN2O4S. The molecule has 0 unspecified atom stereocenters. The summed E-state index contributed by atoms with van der Waals surface area (Å²) in [5.74, 6) is 0.596. The summed E-state index contributed by atoms with van der Waals surface area (Å²) in [6.45, 7) is 0.706. The number of hydrogen-bond donors (Lipinski definition) is 1. The number of aromatic nitrogens is 1. The van der Waals surface area contributed by atoms with Crippen LogP contribution < -0.4 is 9.47 Å². The van der Waals surface area contributed by atoms with Crippen LogP contribution in [0.5, 0.6) is 11.5 Å². The Bertz CT molecular complexity index is 1330. The normalized spacial score (nSPS) is 10.8. The first-order chi connectivity index (χ1) is 17.4. The Labute approximate surface area is 221 Å². The van der Waals surface area contributed by atoms with Crippen LogP contribution in [0.1, 0.15) is 32.2 Å². The van der Waals surface area contributed by atoms with Gasteiger partial charge in [0.2, 0.25) is 0 Å². The van der Waals surface area contributed by atoms with Crippen LogP contribution in [0.2, 0.25) is 0 Å². The van der Waals surface area contributed by atoms with Crippen molar-refractivity contribution in [2.45, 2.75) is 26.3 Å². The predicted octanol–water partition coefficient (Wildman–Crippen LogP) is 5.97. The summed E-state index contributed by atoms with van der Waals surface area (Å²) in [5.41, 5.74) is 2.79. The smallest absolute Gasteiger partial charge is 0.254 e. The van der Waals surface area contributed by atoms with Gasteiger partial charge in [0.05, 0.1) is 19.4 Å². The van der Waals surface area contributed by atoms with Crippen LogP contribution in [-0.4, -0.2) is 28.0 Å². The van der Waals surface area contributed by atoms with Gasteiger partial charge in [-0.2, -0.15) is 0 Å². The predicted molar refractivity (Wildman–Crippen MR) is 139 cm³/mol. The third-order valence-corrected chi connectivity index (χ3v) is 6.72. The van der Waals surface area contributed by atoms with Gasteiger partial charge in [-0.05, 0) is 53.6 Å². The van der Waals surface area contributed by atoms with Crippen LogP contribution in [0.4, 0.5) is 4.39 Å². The zero-order valence-electron chi connectivity index (χ0n) is 19.5. The second-order valence-electron chi connectivity index (χ2n) is 7.96. The van der Waals surface area contributed by atoms with E-state index in [0.29, 0.717) is 35.8 Å². The van der Waals surface area contributed by atoms with E-state index in [1.165, 1.54) is 23.5 Å². The largest absolute Gasteiger partial charge is 0.493 e. The summed E-state index contributed by atoms with van der Waals surface area (Å²) in [6, 6.07) is 18.9. The van der Waals surface area contributed by atoms with Crippen LogP contribution in [0.15, 0.2) is 76.6 Å². The molecular weight excluding hydrogens is 547 g/mol. The number of aliphatic hydroxyl groups is 1. The fourth-order valence-corrected chi connectivity index (χ4v) is 4.69. The maximum Gasteiger partial charge on any atom is 0.254 e. The van der Waals surface area contributed by atoms with Gasteiger partial charge in [0.15, 0.2) is 11.5 Å². The highest BCUT2D eigenvalue weighted by atomic mass is 79.9. The lowest BCUT2D eigenvalue weighted by Gasteiger charge is -2.24. The number of thiazole rings is 1. The molecule has 0 saturated heterocycles. The van der Waals surface area contributed by atoms with Gasteiger partial charge >= 0.3 is 0 Å². The Hall–Kier alpha value is -3.27. The Morgan fingerprint density at radius 3 is 2.50 bits per heavy atom. The molecule has 0 spiro atoms. The lowest BCUT2D eigenvalue weighted by molar-refractivity contribution is 0.0729. The number of carbonyl (C=O) groups excluding carboxylic acids is 1. The molecule has 0 atom stereocenters. The van der Waals surface area contributed by atoms with Gasteiger partial charge in [-0.25, -0.2) is 9.37 Å². The highest BCUT2D eigenvalue weighted by Crippen LogP contribution is 2.30. The zero-order valence-corrected chi connectivity index (χ0v) is 21.9. The van der Waals surface area contributed by atoms with Crippen molar-refractivity contribution in [2.75, 3.05) is 7.11 Å². The van der Waals surface area contributed by atoms with Crippen molar-refractivity contribution in [2.24, 2.45) is 0 Å². The molecule has 0 aliphatic carbocycles. The molecule has 9 heteroatoms. The minimum Gasteiger partial charge on any atom is -0.493 e. The molecule has 186 valence electrons. The van der Waals surface area contributed by atoms with Crippen LogP contribution in [0, 0.1) is 5.82 Å². The second-order valence-corrected chi connectivity index (χ2v) is 9.82. The maximum atomic E-state index is 13.5. The van der Waals surface area contributed by atoms with Crippen molar-refractivity contribution in [3.63, 3.8) is 0 Å². The number of carbonyl (C=O) groups is 1. The van der Waals surface area contributed by atoms with E-state index < -0.39 is 0 Å². The first kappa shape index (κ1) is 25.8. The summed E-state index contributed by atoms with van der Waals surface area (Å²) in [5, 5.41) is 11.7. The average molecular weight is 571 g/mol. The number of amides is 1. The minimum atomic E-state index is -0.327. The molecule has 0 aliphatic heterocycles. The number of benzene rings is 3. The topological polar surface area (TPSA) is 71.9 Å². The summed E-state index contributed by atoms with van der Waals surface area (Å²) in [4.78, 5) is 19.5. The Morgan fingerprint density at radius 1 is 1.06 bits per heavy atom. The third kappa shape index (κ3) is 6.69. The molecule has 0 saturated carbocycles. The number of methoxy groups -OCH3 is 1. The van der Waals surface area contributed by atoms with Gasteiger partial charge < -0.3 is 19.5 Å². The third-order valence-electron chi connectivity index (χ3n) is 5.36. The number of ether oxygens (including phenoxy) is 2. The van der Waals surface area contributed by atoms with Crippen molar-refractivity contribution in [1.29, 1.82) is 0 Å².